The summed E-state index contributed by atoms with van der Waals surface area (Å²) >= 11 is 0. The van der Waals surface area contributed by atoms with Crippen molar-refractivity contribution in [2.24, 2.45) is 0 Å². The van der Waals surface area contributed by atoms with E-state index in [-0.39, 0.29) is 11.8 Å². The van der Waals surface area contributed by atoms with Crippen molar-refractivity contribution in [2.75, 3.05) is 0 Å². The minimum absolute atomic E-state index is 0.0849. The van der Waals surface area contributed by atoms with Crippen molar-refractivity contribution in [2.45, 2.75) is 31.8 Å². The molecule has 2 unspecified atom stereocenters. The molecule has 2 rings (SSSR count). The summed E-state index contributed by atoms with van der Waals surface area (Å²) in [7, 11) is 0. The summed E-state index contributed by atoms with van der Waals surface area (Å²) in [5, 5.41) is 21.2. The molecule has 3 N–H and O–H groups in total. The molecule has 0 amide bonds. The number of phenolic OH excluding ortho intramolecular Hbond substituents is 1. The number of carbonyl (C=O) groups is 1. The normalized spacial score (nSPS) is 20.4. The highest BCUT2D eigenvalue weighted by molar-refractivity contribution is 5.73. The molecule has 0 bridgehead atoms. The van der Waals surface area contributed by atoms with Gasteiger partial charge in [-0.05, 0) is 43.0 Å². The number of aryl methyl sites for hydroxylation is 1. The molecule has 0 radical (unpaired) electrons. The van der Waals surface area contributed by atoms with Crippen molar-refractivity contribution in [3.8, 4) is 5.75 Å². The van der Waals surface area contributed by atoms with E-state index in [0.717, 1.165) is 24.0 Å². The van der Waals surface area contributed by atoms with E-state index < -0.39 is 12.0 Å². The number of aliphatic carboxylic acids is 1. The van der Waals surface area contributed by atoms with Crippen LogP contribution < -0.4 is 5.32 Å². The topological polar surface area (TPSA) is 69.6 Å². The van der Waals surface area contributed by atoms with Gasteiger partial charge in [0.05, 0.1) is 0 Å². The second-order valence-electron chi connectivity index (χ2n) is 4.20. The lowest BCUT2D eigenvalue weighted by atomic mass is 10.1. The molecule has 0 heterocycles. The standard InChI is InChI=1S/C12H15NO3/c1-7(12(15)16)13-11-5-2-8-6-9(14)3-4-10(8)11/h3-4,6-7,11,13-14H,2,5H2,1H3,(H,15,16). The number of benzene rings is 1. The van der Waals surface area contributed by atoms with Gasteiger partial charge in [-0.15, -0.1) is 0 Å². The van der Waals surface area contributed by atoms with Crippen molar-refractivity contribution in [3.63, 3.8) is 0 Å². The number of rotatable bonds is 3. The van der Waals surface area contributed by atoms with Crippen LogP contribution in [0.5, 0.6) is 5.75 Å². The fourth-order valence-corrected chi connectivity index (χ4v) is 2.15. The van der Waals surface area contributed by atoms with Crippen LogP contribution in [0.4, 0.5) is 0 Å². The number of carboxylic acid groups (broad SMARTS) is 1. The fraction of sp³-hybridized carbons (Fsp3) is 0.417. The third kappa shape index (κ3) is 2.02. The summed E-state index contributed by atoms with van der Waals surface area (Å²) < 4.78 is 0. The maximum atomic E-state index is 10.8. The smallest absolute Gasteiger partial charge is 0.320 e. The molecule has 1 aromatic rings. The predicted octanol–water partition coefficient (Wildman–Crippen LogP) is 1.44. The average Bonchev–Trinajstić information content (AvgIpc) is 2.60. The summed E-state index contributed by atoms with van der Waals surface area (Å²) in [4.78, 5) is 10.8. The quantitative estimate of drug-likeness (QED) is 0.722. The molecular weight excluding hydrogens is 206 g/mol. The van der Waals surface area contributed by atoms with Crippen molar-refractivity contribution in [3.05, 3.63) is 29.3 Å². The average molecular weight is 221 g/mol. The first-order chi connectivity index (χ1) is 7.58. The van der Waals surface area contributed by atoms with Gasteiger partial charge in [-0.2, -0.15) is 0 Å². The Morgan fingerprint density at radius 2 is 2.31 bits per heavy atom. The monoisotopic (exact) mass is 221 g/mol. The van der Waals surface area contributed by atoms with Crippen molar-refractivity contribution >= 4 is 5.97 Å². The van der Waals surface area contributed by atoms with Crippen LogP contribution in [-0.2, 0) is 11.2 Å². The first-order valence-electron chi connectivity index (χ1n) is 5.38. The van der Waals surface area contributed by atoms with Crippen LogP contribution in [0.2, 0.25) is 0 Å². The zero-order valence-electron chi connectivity index (χ0n) is 9.10. The van der Waals surface area contributed by atoms with Gasteiger partial charge in [0.2, 0.25) is 0 Å². The predicted molar refractivity (Wildman–Crippen MR) is 59.4 cm³/mol. The van der Waals surface area contributed by atoms with E-state index >= 15 is 0 Å². The van der Waals surface area contributed by atoms with Crippen molar-refractivity contribution < 1.29 is 15.0 Å². The molecule has 0 spiro atoms. The number of carboxylic acids is 1. The molecule has 0 saturated heterocycles. The number of nitrogens with one attached hydrogen (secondary N) is 1. The van der Waals surface area contributed by atoms with Crippen LogP contribution >= 0.6 is 0 Å². The Morgan fingerprint density at radius 1 is 1.56 bits per heavy atom. The second-order valence-corrected chi connectivity index (χ2v) is 4.20. The Kier molecular flexibility index (Phi) is 2.83. The van der Waals surface area contributed by atoms with Gasteiger partial charge in [0.15, 0.2) is 0 Å². The van der Waals surface area contributed by atoms with Crippen LogP contribution in [0.1, 0.15) is 30.5 Å². The van der Waals surface area contributed by atoms with E-state index in [2.05, 4.69) is 5.32 Å². The highest BCUT2D eigenvalue weighted by Crippen LogP contribution is 2.33. The summed E-state index contributed by atoms with van der Waals surface area (Å²) in [6.45, 7) is 1.64. The third-order valence-corrected chi connectivity index (χ3v) is 3.03. The van der Waals surface area contributed by atoms with Crippen LogP contribution in [0.25, 0.3) is 0 Å². The number of aromatic hydroxyl groups is 1. The highest BCUT2D eigenvalue weighted by Gasteiger charge is 2.25. The minimum atomic E-state index is -0.841. The second kappa shape index (κ2) is 4.14. The molecule has 2 atom stereocenters. The Balaban J connectivity index is 2.15. The molecule has 1 aliphatic carbocycles. The Hall–Kier alpha value is -1.55. The third-order valence-electron chi connectivity index (χ3n) is 3.03. The Morgan fingerprint density at radius 3 is 3.00 bits per heavy atom. The zero-order chi connectivity index (χ0) is 11.7. The summed E-state index contributed by atoms with van der Waals surface area (Å²) in [6, 6.07) is 4.79. The maximum Gasteiger partial charge on any atom is 0.320 e. The van der Waals surface area contributed by atoms with E-state index in [1.54, 1.807) is 19.1 Å². The van der Waals surface area contributed by atoms with E-state index in [0.29, 0.717) is 0 Å². The SMILES string of the molecule is CC(NC1CCc2cc(O)ccc21)C(=O)O. The first-order valence-corrected chi connectivity index (χ1v) is 5.38. The Bertz CT molecular complexity index is 417. The molecule has 0 saturated carbocycles. The lowest BCUT2D eigenvalue weighted by molar-refractivity contribution is -0.139. The zero-order valence-corrected chi connectivity index (χ0v) is 9.10. The summed E-state index contributed by atoms with van der Waals surface area (Å²) in [5.74, 6) is -0.571. The van der Waals surface area contributed by atoms with Gasteiger partial charge in [0.1, 0.15) is 11.8 Å². The fourth-order valence-electron chi connectivity index (χ4n) is 2.15. The molecule has 86 valence electrons. The van der Waals surface area contributed by atoms with Crippen molar-refractivity contribution in [1.29, 1.82) is 0 Å². The molecule has 0 fully saturated rings. The minimum Gasteiger partial charge on any atom is -0.508 e. The highest BCUT2D eigenvalue weighted by atomic mass is 16.4. The molecule has 4 nitrogen and oxygen atoms in total. The van der Waals surface area contributed by atoms with Gasteiger partial charge in [0.25, 0.3) is 0 Å². The van der Waals surface area contributed by atoms with Crippen LogP contribution in [-0.4, -0.2) is 22.2 Å². The van der Waals surface area contributed by atoms with Crippen molar-refractivity contribution in [1.82, 2.24) is 5.32 Å². The van der Waals surface area contributed by atoms with Crippen LogP contribution in [0.3, 0.4) is 0 Å². The van der Waals surface area contributed by atoms with Gasteiger partial charge in [0, 0.05) is 6.04 Å². The van der Waals surface area contributed by atoms with Gasteiger partial charge in [-0.1, -0.05) is 6.07 Å². The van der Waals surface area contributed by atoms with Gasteiger partial charge in [-0.25, -0.2) is 0 Å². The molecule has 0 aliphatic heterocycles. The largest absolute Gasteiger partial charge is 0.508 e. The van der Waals surface area contributed by atoms with Crippen LogP contribution in [0, 0.1) is 0 Å². The maximum absolute atomic E-state index is 10.8. The Labute approximate surface area is 93.9 Å². The molecule has 0 aromatic heterocycles. The summed E-state index contributed by atoms with van der Waals surface area (Å²) in [5.41, 5.74) is 2.21. The van der Waals surface area contributed by atoms with E-state index in [4.69, 9.17) is 5.11 Å². The lowest BCUT2D eigenvalue weighted by Crippen LogP contribution is -2.35. The van der Waals surface area contributed by atoms with E-state index in [1.165, 1.54) is 0 Å². The van der Waals surface area contributed by atoms with Gasteiger partial charge in [-0.3, -0.25) is 10.1 Å². The molecule has 1 aliphatic rings. The van der Waals surface area contributed by atoms with Gasteiger partial charge >= 0.3 is 5.97 Å². The number of phenols is 1. The molecule has 16 heavy (non-hydrogen) atoms. The van der Waals surface area contributed by atoms with Crippen LogP contribution in [0.15, 0.2) is 18.2 Å². The van der Waals surface area contributed by atoms with E-state index in [9.17, 15) is 9.90 Å². The molecule has 4 heteroatoms. The number of fused-ring (bicyclic) bond motifs is 1. The first kappa shape index (κ1) is 11.0. The number of hydrogen-bond acceptors (Lipinski definition) is 3. The lowest BCUT2D eigenvalue weighted by Gasteiger charge is -2.17. The molecular formula is C12H15NO3. The summed E-state index contributed by atoms with van der Waals surface area (Å²) in [6.07, 6.45) is 1.77. The molecule has 1 aromatic carbocycles. The van der Waals surface area contributed by atoms with E-state index in [1.807, 2.05) is 6.07 Å². The van der Waals surface area contributed by atoms with Gasteiger partial charge < -0.3 is 10.2 Å². The number of hydrogen-bond donors (Lipinski definition) is 3.